The zero-order valence-electron chi connectivity index (χ0n) is 8.74. The van der Waals surface area contributed by atoms with Crippen LogP contribution in [-0.4, -0.2) is 30.5 Å². The van der Waals surface area contributed by atoms with Crippen molar-refractivity contribution in [2.24, 2.45) is 0 Å². The number of anilines is 2. The van der Waals surface area contributed by atoms with Crippen LogP contribution in [0.2, 0.25) is 5.15 Å². The molecular weight excluding hydrogens is 228 g/mol. The summed E-state index contributed by atoms with van der Waals surface area (Å²) in [5, 5.41) is 3.21. The molecule has 1 aliphatic heterocycles. The molecule has 1 saturated heterocycles. The number of hydrogen-bond acceptors (Lipinski definition) is 4. The Bertz CT molecular complexity index is 410. The molecule has 1 aromatic rings. The second kappa shape index (κ2) is 4.57. The van der Waals surface area contributed by atoms with E-state index in [1.165, 1.54) is 0 Å². The number of amides is 1. The molecule has 16 heavy (non-hydrogen) atoms. The lowest BCUT2D eigenvalue weighted by molar-refractivity contribution is -0.120. The first-order valence-electron chi connectivity index (χ1n) is 5.10. The molecule has 2 heterocycles. The van der Waals surface area contributed by atoms with Gasteiger partial charge in [0.05, 0.1) is 5.69 Å². The quantitative estimate of drug-likeness (QED) is 0.707. The molecule has 1 aliphatic rings. The Kier molecular flexibility index (Phi) is 3.14. The third kappa shape index (κ3) is 2.36. The van der Waals surface area contributed by atoms with Crippen molar-refractivity contribution in [2.75, 3.05) is 30.3 Å². The number of hydrogen-bond donors (Lipinski definition) is 2. The number of carbonyl (C=O) groups excluding carboxylic acids is 1. The van der Waals surface area contributed by atoms with E-state index in [1.807, 2.05) is 4.90 Å². The minimum Gasteiger partial charge on any atom is -0.396 e. The fourth-order valence-corrected chi connectivity index (χ4v) is 1.81. The lowest BCUT2D eigenvalue weighted by Gasteiger charge is -2.22. The molecule has 0 atom stereocenters. The fraction of sp³-hybridized carbons (Fsp3) is 0.400. The molecule has 5 nitrogen and oxygen atoms in total. The maximum atomic E-state index is 11.2. The van der Waals surface area contributed by atoms with Crippen LogP contribution in [0.3, 0.4) is 0 Å². The third-order valence-electron chi connectivity index (χ3n) is 2.48. The van der Waals surface area contributed by atoms with Crippen molar-refractivity contribution in [3.8, 4) is 0 Å². The first-order valence-corrected chi connectivity index (χ1v) is 5.48. The van der Waals surface area contributed by atoms with Gasteiger partial charge in [0, 0.05) is 26.1 Å². The molecule has 1 fully saturated rings. The number of nitrogen functional groups attached to an aromatic ring is 1. The average molecular weight is 241 g/mol. The standard InChI is InChI=1S/C10H13ClN4O/c11-8-2-1-7(12)10(14-8)15-5-3-9(16)13-4-6-15/h1-2H,3-6,12H2,(H,13,16). The summed E-state index contributed by atoms with van der Waals surface area (Å²) >= 11 is 5.83. The van der Waals surface area contributed by atoms with Gasteiger partial charge < -0.3 is 16.0 Å². The summed E-state index contributed by atoms with van der Waals surface area (Å²) in [7, 11) is 0. The Balaban J connectivity index is 2.22. The fourth-order valence-electron chi connectivity index (χ4n) is 1.67. The highest BCUT2D eigenvalue weighted by molar-refractivity contribution is 6.29. The molecule has 0 spiro atoms. The van der Waals surface area contributed by atoms with Crippen molar-refractivity contribution in [3.05, 3.63) is 17.3 Å². The second-order valence-electron chi connectivity index (χ2n) is 3.63. The van der Waals surface area contributed by atoms with Crippen molar-refractivity contribution in [1.82, 2.24) is 10.3 Å². The van der Waals surface area contributed by atoms with Crippen LogP contribution in [0.4, 0.5) is 11.5 Å². The Labute approximate surface area is 98.6 Å². The molecule has 86 valence electrons. The molecule has 0 aromatic carbocycles. The summed E-state index contributed by atoms with van der Waals surface area (Å²) in [5.41, 5.74) is 6.42. The first kappa shape index (κ1) is 11.0. The van der Waals surface area contributed by atoms with E-state index in [9.17, 15) is 4.79 Å². The molecule has 1 aromatic heterocycles. The van der Waals surface area contributed by atoms with Crippen LogP contribution < -0.4 is 16.0 Å². The van der Waals surface area contributed by atoms with Crippen molar-refractivity contribution in [2.45, 2.75) is 6.42 Å². The molecular formula is C10H13ClN4O. The van der Waals surface area contributed by atoms with E-state index in [4.69, 9.17) is 17.3 Å². The van der Waals surface area contributed by atoms with Crippen LogP contribution >= 0.6 is 11.6 Å². The summed E-state index contributed by atoms with van der Waals surface area (Å²) in [5.74, 6) is 0.715. The number of nitrogens with zero attached hydrogens (tertiary/aromatic N) is 2. The third-order valence-corrected chi connectivity index (χ3v) is 2.69. The maximum absolute atomic E-state index is 11.2. The van der Waals surface area contributed by atoms with Gasteiger partial charge in [-0.2, -0.15) is 0 Å². The minimum absolute atomic E-state index is 0.0584. The van der Waals surface area contributed by atoms with Gasteiger partial charge in [0.25, 0.3) is 0 Å². The number of nitrogens with one attached hydrogen (secondary N) is 1. The molecule has 6 heteroatoms. The van der Waals surface area contributed by atoms with Crippen LogP contribution in [0.25, 0.3) is 0 Å². The molecule has 0 aliphatic carbocycles. The molecule has 0 saturated carbocycles. The summed E-state index contributed by atoms with van der Waals surface area (Å²) in [4.78, 5) is 17.4. The molecule has 0 bridgehead atoms. The summed E-state index contributed by atoms with van der Waals surface area (Å²) in [6.07, 6.45) is 0.452. The predicted octanol–water partition coefficient (Wildman–Crippen LogP) is 0.643. The van der Waals surface area contributed by atoms with Gasteiger partial charge in [-0.3, -0.25) is 4.79 Å². The molecule has 1 amide bonds. The summed E-state index contributed by atoms with van der Waals surface area (Å²) < 4.78 is 0. The largest absolute Gasteiger partial charge is 0.396 e. The van der Waals surface area contributed by atoms with Gasteiger partial charge in [-0.15, -0.1) is 0 Å². The van der Waals surface area contributed by atoms with Gasteiger partial charge >= 0.3 is 0 Å². The monoisotopic (exact) mass is 240 g/mol. The Morgan fingerprint density at radius 2 is 2.25 bits per heavy atom. The van der Waals surface area contributed by atoms with Gasteiger partial charge in [0.1, 0.15) is 5.15 Å². The van der Waals surface area contributed by atoms with Gasteiger partial charge in [-0.05, 0) is 12.1 Å². The Morgan fingerprint density at radius 1 is 1.44 bits per heavy atom. The zero-order valence-corrected chi connectivity index (χ0v) is 9.50. The molecule has 2 rings (SSSR count). The van der Waals surface area contributed by atoms with E-state index >= 15 is 0 Å². The SMILES string of the molecule is Nc1ccc(Cl)nc1N1CCNC(=O)CC1. The van der Waals surface area contributed by atoms with Crippen molar-refractivity contribution < 1.29 is 4.79 Å². The van der Waals surface area contributed by atoms with Crippen LogP contribution in [0.1, 0.15) is 6.42 Å². The normalized spacial score (nSPS) is 16.8. The number of carbonyl (C=O) groups is 1. The highest BCUT2D eigenvalue weighted by atomic mass is 35.5. The Morgan fingerprint density at radius 3 is 3.06 bits per heavy atom. The highest BCUT2D eigenvalue weighted by Crippen LogP contribution is 2.23. The van der Waals surface area contributed by atoms with E-state index in [0.29, 0.717) is 42.7 Å². The van der Waals surface area contributed by atoms with Crippen LogP contribution in [0.5, 0.6) is 0 Å². The van der Waals surface area contributed by atoms with E-state index < -0.39 is 0 Å². The van der Waals surface area contributed by atoms with Crippen LogP contribution in [0, 0.1) is 0 Å². The van der Waals surface area contributed by atoms with E-state index in [-0.39, 0.29) is 5.91 Å². The average Bonchev–Trinajstić information content (AvgIpc) is 2.47. The van der Waals surface area contributed by atoms with E-state index in [2.05, 4.69) is 10.3 Å². The van der Waals surface area contributed by atoms with Gasteiger partial charge in [0.2, 0.25) is 5.91 Å². The molecule has 0 unspecified atom stereocenters. The lowest BCUT2D eigenvalue weighted by Crippen LogP contribution is -2.29. The van der Waals surface area contributed by atoms with Gasteiger partial charge in [-0.25, -0.2) is 4.98 Å². The van der Waals surface area contributed by atoms with E-state index in [1.54, 1.807) is 12.1 Å². The van der Waals surface area contributed by atoms with Gasteiger partial charge in [-0.1, -0.05) is 11.6 Å². The lowest BCUT2D eigenvalue weighted by atomic mass is 10.3. The molecule has 3 N–H and O–H groups in total. The van der Waals surface area contributed by atoms with Gasteiger partial charge in [0.15, 0.2) is 5.82 Å². The predicted molar refractivity (Wildman–Crippen MR) is 63.5 cm³/mol. The van der Waals surface area contributed by atoms with Crippen LogP contribution in [-0.2, 0) is 4.79 Å². The number of nitrogens with two attached hydrogens (primary N) is 1. The topological polar surface area (TPSA) is 71.2 Å². The van der Waals surface area contributed by atoms with E-state index in [0.717, 1.165) is 0 Å². The van der Waals surface area contributed by atoms with Crippen molar-refractivity contribution in [3.63, 3.8) is 0 Å². The minimum atomic E-state index is 0.0584. The number of rotatable bonds is 1. The zero-order chi connectivity index (χ0) is 11.5. The van der Waals surface area contributed by atoms with Crippen molar-refractivity contribution in [1.29, 1.82) is 0 Å². The smallest absolute Gasteiger partial charge is 0.221 e. The van der Waals surface area contributed by atoms with Crippen LogP contribution in [0.15, 0.2) is 12.1 Å². The number of aromatic nitrogens is 1. The second-order valence-corrected chi connectivity index (χ2v) is 4.02. The molecule has 0 radical (unpaired) electrons. The summed E-state index contributed by atoms with van der Waals surface area (Å²) in [6.45, 7) is 1.92. The maximum Gasteiger partial charge on any atom is 0.221 e. The number of pyridine rings is 1. The van der Waals surface area contributed by atoms with Crippen molar-refractivity contribution >= 4 is 29.0 Å². The number of halogens is 1. The first-order chi connectivity index (χ1) is 7.66. The Hall–Kier alpha value is -1.49. The highest BCUT2D eigenvalue weighted by Gasteiger charge is 2.16. The summed E-state index contributed by atoms with van der Waals surface area (Å²) in [6, 6.07) is 3.38.